The second-order valence-corrected chi connectivity index (χ2v) is 6.12. The van der Waals surface area contributed by atoms with Crippen LogP contribution in [-0.4, -0.2) is 11.5 Å². The second kappa shape index (κ2) is 5.59. The normalized spacial score (nSPS) is 18.2. The van der Waals surface area contributed by atoms with Crippen molar-refractivity contribution in [1.29, 1.82) is 0 Å². The van der Waals surface area contributed by atoms with Crippen molar-refractivity contribution in [3.8, 4) is 0 Å². The molecule has 1 saturated carbocycles. The van der Waals surface area contributed by atoms with Crippen molar-refractivity contribution in [3.63, 3.8) is 0 Å². The molecular weight excluding hydrogens is 222 g/mol. The molecule has 1 heterocycles. The summed E-state index contributed by atoms with van der Waals surface area (Å²) in [5, 5.41) is 3.54. The zero-order valence-electron chi connectivity index (χ0n) is 11.6. The fourth-order valence-corrected chi connectivity index (χ4v) is 3.29. The minimum absolute atomic E-state index is 0.476. The van der Waals surface area contributed by atoms with E-state index in [1.807, 2.05) is 6.07 Å². The van der Waals surface area contributed by atoms with Gasteiger partial charge >= 0.3 is 0 Å². The van der Waals surface area contributed by atoms with Crippen LogP contribution in [0.3, 0.4) is 0 Å². The number of nitrogens with two attached hydrogens (primary N) is 1. The highest BCUT2D eigenvalue weighted by molar-refractivity contribution is 5.64. The van der Waals surface area contributed by atoms with E-state index in [9.17, 15) is 0 Å². The van der Waals surface area contributed by atoms with Gasteiger partial charge in [0.05, 0.1) is 17.6 Å². The first kappa shape index (κ1) is 13.2. The molecule has 0 bridgehead atoms. The van der Waals surface area contributed by atoms with Gasteiger partial charge in [0.1, 0.15) is 0 Å². The first-order chi connectivity index (χ1) is 8.61. The van der Waals surface area contributed by atoms with E-state index in [4.69, 9.17) is 5.73 Å². The molecule has 0 saturated heterocycles. The molecule has 0 spiro atoms. The molecular formula is C15H25N3. The monoisotopic (exact) mass is 247 g/mol. The van der Waals surface area contributed by atoms with E-state index in [1.54, 1.807) is 12.4 Å². The van der Waals surface area contributed by atoms with Crippen LogP contribution in [0.15, 0.2) is 18.5 Å². The van der Waals surface area contributed by atoms with Gasteiger partial charge in [-0.3, -0.25) is 4.98 Å². The highest BCUT2D eigenvalue weighted by Gasteiger charge is 2.34. The van der Waals surface area contributed by atoms with Crippen LogP contribution >= 0.6 is 0 Å². The van der Waals surface area contributed by atoms with Gasteiger partial charge in [-0.2, -0.15) is 0 Å². The Morgan fingerprint density at radius 2 is 2.11 bits per heavy atom. The maximum atomic E-state index is 5.92. The maximum absolute atomic E-state index is 5.92. The maximum Gasteiger partial charge on any atom is 0.0736 e. The van der Waals surface area contributed by atoms with Crippen molar-refractivity contribution in [2.45, 2.75) is 46.0 Å². The predicted molar refractivity (Wildman–Crippen MR) is 77.5 cm³/mol. The van der Waals surface area contributed by atoms with Crippen molar-refractivity contribution < 1.29 is 0 Å². The smallest absolute Gasteiger partial charge is 0.0736 e. The van der Waals surface area contributed by atoms with Gasteiger partial charge in [-0.1, -0.05) is 26.7 Å². The van der Waals surface area contributed by atoms with Gasteiger partial charge in [-0.15, -0.1) is 0 Å². The van der Waals surface area contributed by atoms with Crippen LogP contribution in [-0.2, 0) is 0 Å². The van der Waals surface area contributed by atoms with E-state index in [1.165, 1.54) is 32.1 Å². The molecule has 0 radical (unpaired) electrons. The van der Waals surface area contributed by atoms with Crippen LogP contribution in [0.1, 0.15) is 46.0 Å². The first-order valence-corrected chi connectivity index (χ1v) is 7.05. The molecule has 1 aromatic heterocycles. The number of nitrogen functional groups attached to an aromatic ring is 1. The summed E-state index contributed by atoms with van der Waals surface area (Å²) in [5.41, 5.74) is 8.17. The van der Waals surface area contributed by atoms with Gasteiger partial charge in [0.25, 0.3) is 0 Å². The standard InChI is InChI=1S/C15H25N3/c1-12(2)9-15(6-3-4-7-15)11-18-14-5-8-17-10-13(14)16/h5,8,10,12H,3-4,6-7,9,11,16H2,1-2H3,(H,17,18). The SMILES string of the molecule is CC(C)CC1(CNc2ccncc2N)CCCC1. The number of hydrogen-bond acceptors (Lipinski definition) is 3. The molecule has 2 rings (SSSR count). The summed E-state index contributed by atoms with van der Waals surface area (Å²) in [6.07, 6.45) is 10.3. The molecule has 1 aliphatic rings. The van der Waals surface area contributed by atoms with Crippen LogP contribution in [0, 0.1) is 11.3 Å². The molecule has 0 atom stereocenters. The Kier molecular flexibility index (Phi) is 4.10. The summed E-state index contributed by atoms with van der Waals surface area (Å²) >= 11 is 0. The predicted octanol–water partition coefficient (Wildman–Crippen LogP) is 3.68. The van der Waals surface area contributed by atoms with Crippen LogP contribution in [0.4, 0.5) is 11.4 Å². The lowest BCUT2D eigenvalue weighted by Crippen LogP contribution is -2.28. The Morgan fingerprint density at radius 3 is 2.72 bits per heavy atom. The largest absolute Gasteiger partial charge is 0.396 e. The van der Waals surface area contributed by atoms with E-state index in [0.29, 0.717) is 5.41 Å². The summed E-state index contributed by atoms with van der Waals surface area (Å²) in [5.74, 6) is 0.764. The highest BCUT2D eigenvalue weighted by Crippen LogP contribution is 2.43. The number of pyridine rings is 1. The molecule has 0 amide bonds. The average molecular weight is 247 g/mol. The van der Waals surface area contributed by atoms with E-state index in [-0.39, 0.29) is 0 Å². The van der Waals surface area contributed by atoms with Crippen molar-refractivity contribution in [3.05, 3.63) is 18.5 Å². The van der Waals surface area contributed by atoms with Crippen LogP contribution < -0.4 is 11.1 Å². The Hall–Kier alpha value is -1.25. The van der Waals surface area contributed by atoms with E-state index in [2.05, 4.69) is 24.1 Å². The number of rotatable bonds is 5. The molecule has 0 aromatic carbocycles. The average Bonchev–Trinajstić information content (AvgIpc) is 2.76. The summed E-state index contributed by atoms with van der Waals surface area (Å²) in [6, 6.07) is 1.97. The Morgan fingerprint density at radius 1 is 1.39 bits per heavy atom. The Bertz CT molecular complexity index is 381. The summed E-state index contributed by atoms with van der Waals surface area (Å²) in [4.78, 5) is 4.03. The van der Waals surface area contributed by atoms with Crippen LogP contribution in [0.5, 0.6) is 0 Å². The summed E-state index contributed by atoms with van der Waals surface area (Å²) in [6.45, 7) is 5.68. The number of aromatic nitrogens is 1. The third-order valence-electron chi connectivity index (χ3n) is 4.01. The molecule has 3 nitrogen and oxygen atoms in total. The van der Waals surface area contributed by atoms with Crippen LogP contribution in [0.25, 0.3) is 0 Å². The van der Waals surface area contributed by atoms with E-state index in [0.717, 1.165) is 23.8 Å². The molecule has 0 aliphatic heterocycles. The lowest BCUT2D eigenvalue weighted by atomic mass is 9.78. The topological polar surface area (TPSA) is 50.9 Å². The van der Waals surface area contributed by atoms with Crippen molar-refractivity contribution in [2.24, 2.45) is 11.3 Å². The minimum atomic E-state index is 0.476. The molecule has 18 heavy (non-hydrogen) atoms. The van der Waals surface area contributed by atoms with E-state index >= 15 is 0 Å². The van der Waals surface area contributed by atoms with Gasteiger partial charge in [-0.05, 0) is 36.7 Å². The van der Waals surface area contributed by atoms with Gasteiger partial charge in [0.2, 0.25) is 0 Å². The molecule has 1 fully saturated rings. The van der Waals surface area contributed by atoms with Gasteiger partial charge < -0.3 is 11.1 Å². The molecule has 3 heteroatoms. The summed E-state index contributed by atoms with van der Waals surface area (Å²) < 4.78 is 0. The molecule has 0 unspecified atom stereocenters. The quantitative estimate of drug-likeness (QED) is 0.834. The summed E-state index contributed by atoms with van der Waals surface area (Å²) in [7, 11) is 0. The van der Waals surface area contributed by atoms with E-state index < -0.39 is 0 Å². The van der Waals surface area contributed by atoms with Crippen molar-refractivity contribution in [1.82, 2.24) is 4.98 Å². The second-order valence-electron chi connectivity index (χ2n) is 6.12. The molecule has 3 N–H and O–H groups in total. The number of anilines is 2. The fraction of sp³-hybridized carbons (Fsp3) is 0.667. The number of nitrogens with one attached hydrogen (secondary N) is 1. The molecule has 1 aromatic rings. The third kappa shape index (κ3) is 3.15. The minimum Gasteiger partial charge on any atom is -0.396 e. The number of nitrogens with zero attached hydrogens (tertiary/aromatic N) is 1. The number of hydrogen-bond donors (Lipinski definition) is 2. The molecule has 100 valence electrons. The van der Waals surface area contributed by atoms with Gasteiger partial charge in [-0.25, -0.2) is 0 Å². The zero-order valence-corrected chi connectivity index (χ0v) is 11.6. The Balaban J connectivity index is 2.00. The zero-order chi connectivity index (χ0) is 13.0. The van der Waals surface area contributed by atoms with Crippen LogP contribution in [0.2, 0.25) is 0 Å². The fourth-order valence-electron chi connectivity index (χ4n) is 3.29. The molecule has 1 aliphatic carbocycles. The first-order valence-electron chi connectivity index (χ1n) is 7.05. The Labute approximate surface area is 110 Å². The third-order valence-corrected chi connectivity index (χ3v) is 4.01. The lowest BCUT2D eigenvalue weighted by Gasteiger charge is -2.31. The van der Waals surface area contributed by atoms with Gasteiger partial charge in [0.15, 0.2) is 0 Å². The highest BCUT2D eigenvalue weighted by atomic mass is 14.9. The van der Waals surface area contributed by atoms with Crippen molar-refractivity contribution in [2.75, 3.05) is 17.6 Å². The lowest BCUT2D eigenvalue weighted by molar-refractivity contribution is 0.252. The van der Waals surface area contributed by atoms with Gasteiger partial charge in [0, 0.05) is 12.7 Å². The van der Waals surface area contributed by atoms with Crippen molar-refractivity contribution >= 4 is 11.4 Å².